The third-order valence-corrected chi connectivity index (χ3v) is 1.93. The molecule has 66 valence electrons. The molecular formula is C7H14ClNO2. The third-order valence-electron chi connectivity index (χ3n) is 1.93. The van der Waals surface area contributed by atoms with Gasteiger partial charge in [-0.15, -0.1) is 12.4 Å². The van der Waals surface area contributed by atoms with Crippen molar-refractivity contribution in [2.45, 2.75) is 25.8 Å². The number of carboxylic acids is 1. The molecule has 0 amide bonds. The molecule has 3 nitrogen and oxygen atoms in total. The first kappa shape index (κ1) is 10.7. The lowest BCUT2D eigenvalue weighted by Gasteiger charge is -2.16. The van der Waals surface area contributed by atoms with E-state index in [0.29, 0.717) is 6.54 Å². The van der Waals surface area contributed by atoms with Gasteiger partial charge in [-0.1, -0.05) is 0 Å². The van der Waals surface area contributed by atoms with Crippen molar-refractivity contribution in [3.63, 3.8) is 0 Å². The van der Waals surface area contributed by atoms with Crippen LogP contribution in [0.5, 0.6) is 0 Å². The Morgan fingerprint density at radius 2 is 2.18 bits per heavy atom. The predicted octanol–water partition coefficient (Wildman–Crippen LogP) is 0.881. The zero-order valence-electron chi connectivity index (χ0n) is 6.76. The Morgan fingerprint density at radius 3 is 2.36 bits per heavy atom. The Hall–Kier alpha value is -0.280. The highest BCUT2D eigenvalue weighted by Gasteiger charge is 2.34. The van der Waals surface area contributed by atoms with Gasteiger partial charge in [-0.2, -0.15) is 0 Å². The normalized spacial score (nSPS) is 27.6. The van der Waals surface area contributed by atoms with Gasteiger partial charge < -0.3 is 10.4 Å². The Morgan fingerprint density at radius 1 is 1.64 bits per heavy atom. The molecule has 1 fully saturated rings. The van der Waals surface area contributed by atoms with E-state index in [0.717, 1.165) is 6.42 Å². The van der Waals surface area contributed by atoms with Gasteiger partial charge in [-0.05, 0) is 20.3 Å². The van der Waals surface area contributed by atoms with E-state index in [1.807, 2.05) is 13.8 Å². The van der Waals surface area contributed by atoms with Crippen LogP contribution in [0.3, 0.4) is 0 Å². The maximum Gasteiger partial charge on any atom is 0.307 e. The van der Waals surface area contributed by atoms with Gasteiger partial charge in [0.25, 0.3) is 0 Å². The number of nitrogens with one attached hydrogen (secondary N) is 1. The monoisotopic (exact) mass is 179 g/mol. The number of hydrogen-bond donors (Lipinski definition) is 2. The molecule has 1 unspecified atom stereocenters. The third kappa shape index (κ3) is 2.67. The number of halogens is 1. The number of rotatable bonds is 1. The molecule has 1 atom stereocenters. The van der Waals surface area contributed by atoms with Crippen molar-refractivity contribution >= 4 is 18.4 Å². The highest BCUT2D eigenvalue weighted by atomic mass is 35.5. The average molecular weight is 180 g/mol. The first-order chi connectivity index (χ1) is 4.51. The van der Waals surface area contributed by atoms with E-state index in [9.17, 15) is 4.79 Å². The summed E-state index contributed by atoms with van der Waals surface area (Å²) in [6.07, 6.45) is 0.738. The molecule has 11 heavy (non-hydrogen) atoms. The summed E-state index contributed by atoms with van der Waals surface area (Å²) in [6, 6.07) is 0. The van der Waals surface area contributed by atoms with Gasteiger partial charge in [-0.25, -0.2) is 0 Å². The molecule has 1 aliphatic rings. The van der Waals surface area contributed by atoms with Gasteiger partial charge >= 0.3 is 5.97 Å². The van der Waals surface area contributed by atoms with Gasteiger partial charge in [0, 0.05) is 12.1 Å². The molecule has 0 aromatic heterocycles. The highest BCUT2D eigenvalue weighted by Crippen LogP contribution is 2.22. The molecule has 2 N–H and O–H groups in total. The largest absolute Gasteiger partial charge is 0.481 e. The average Bonchev–Trinajstić information content (AvgIpc) is 2.10. The standard InChI is InChI=1S/C7H13NO2.ClH/c1-7(2)3-5(4-8-7)6(9)10;/h5,8H,3-4H2,1-2H3,(H,9,10);1H. The molecule has 1 heterocycles. The van der Waals surface area contributed by atoms with Crippen LogP contribution >= 0.6 is 12.4 Å². The minimum atomic E-state index is -0.682. The molecule has 0 aromatic carbocycles. The number of aliphatic carboxylic acids is 1. The fourth-order valence-electron chi connectivity index (χ4n) is 1.33. The lowest BCUT2D eigenvalue weighted by molar-refractivity contribution is -0.141. The van der Waals surface area contributed by atoms with E-state index in [2.05, 4.69) is 5.32 Å². The predicted molar refractivity (Wildman–Crippen MR) is 45.1 cm³/mol. The molecule has 4 heteroatoms. The topological polar surface area (TPSA) is 49.3 Å². The minimum absolute atomic E-state index is 0. The van der Waals surface area contributed by atoms with Crippen LogP contribution in [-0.4, -0.2) is 23.2 Å². The molecule has 0 spiro atoms. The van der Waals surface area contributed by atoms with Crippen LogP contribution < -0.4 is 5.32 Å². The van der Waals surface area contributed by atoms with Gasteiger partial charge in [0.1, 0.15) is 0 Å². The maximum absolute atomic E-state index is 10.4. The van der Waals surface area contributed by atoms with E-state index in [4.69, 9.17) is 5.11 Å². The lowest BCUT2D eigenvalue weighted by Crippen LogP contribution is -2.31. The van der Waals surface area contributed by atoms with Crippen LogP contribution in [0.2, 0.25) is 0 Å². The fraction of sp³-hybridized carbons (Fsp3) is 0.857. The second kappa shape index (κ2) is 3.41. The zero-order chi connectivity index (χ0) is 7.78. The summed E-state index contributed by atoms with van der Waals surface area (Å²) in [5.74, 6) is -0.868. The fourth-order valence-corrected chi connectivity index (χ4v) is 1.33. The molecule has 1 rings (SSSR count). The number of carbonyl (C=O) groups is 1. The van der Waals surface area contributed by atoms with Crippen LogP contribution in [0.1, 0.15) is 20.3 Å². The molecule has 0 saturated carbocycles. The van der Waals surface area contributed by atoms with E-state index >= 15 is 0 Å². The molecule has 0 bridgehead atoms. The van der Waals surface area contributed by atoms with Crippen molar-refractivity contribution in [3.8, 4) is 0 Å². The first-order valence-corrected chi connectivity index (χ1v) is 3.49. The van der Waals surface area contributed by atoms with E-state index < -0.39 is 5.97 Å². The summed E-state index contributed by atoms with van der Waals surface area (Å²) >= 11 is 0. The summed E-state index contributed by atoms with van der Waals surface area (Å²) in [7, 11) is 0. The van der Waals surface area contributed by atoms with Crippen LogP contribution in [0.25, 0.3) is 0 Å². The molecule has 1 saturated heterocycles. The van der Waals surface area contributed by atoms with E-state index in [-0.39, 0.29) is 23.9 Å². The molecule has 1 aliphatic heterocycles. The van der Waals surface area contributed by atoms with Gasteiger partial charge in [0.2, 0.25) is 0 Å². The minimum Gasteiger partial charge on any atom is -0.481 e. The van der Waals surface area contributed by atoms with Crippen molar-refractivity contribution in [2.24, 2.45) is 5.92 Å². The summed E-state index contributed by atoms with van der Waals surface area (Å²) in [5.41, 5.74) is 0.0169. The van der Waals surface area contributed by atoms with Crippen molar-refractivity contribution in [1.29, 1.82) is 0 Å². The van der Waals surface area contributed by atoms with Gasteiger partial charge in [0.15, 0.2) is 0 Å². The summed E-state index contributed by atoms with van der Waals surface area (Å²) < 4.78 is 0. The van der Waals surface area contributed by atoms with Crippen LogP contribution in [-0.2, 0) is 4.79 Å². The Kier molecular flexibility index (Phi) is 3.32. The van der Waals surface area contributed by atoms with Gasteiger partial charge in [0.05, 0.1) is 5.92 Å². The highest BCUT2D eigenvalue weighted by molar-refractivity contribution is 5.85. The Bertz CT molecular complexity index is 159. The van der Waals surface area contributed by atoms with Gasteiger partial charge in [-0.3, -0.25) is 4.79 Å². The lowest BCUT2D eigenvalue weighted by atomic mass is 9.97. The number of carboxylic acid groups (broad SMARTS) is 1. The second-order valence-electron chi connectivity index (χ2n) is 3.50. The van der Waals surface area contributed by atoms with Crippen molar-refractivity contribution in [3.05, 3.63) is 0 Å². The van der Waals surface area contributed by atoms with Crippen molar-refractivity contribution < 1.29 is 9.90 Å². The maximum atomic E-state index is 10.4. The number of hydrogen-bond acceptors (Lipinski definition) is 2. The Balaban J connectivity index is 0.000001000. The van der Waals surface area contributed by atoms with Crippen LogP contribution in [0, 0.1) is 5.92 Å². The molecular weight excluding hydrogens is 166 g/mol. The summed E-state index contributed by atoms with van der Waals surface area (Å²) in [4.78, 5) is 10.4. The molecule has 0 aliphatic carbocycles. The molecule has 0 aromatic rings. The van der Waals surface area contributed by atoms with Crippen LogP contribution in [0.15, 0.2) is 0 Å². The zero-order valence-corrected chi connectivity index (χ0v) is 7.57. The SMILES string of the molecule is CC1(C)CC(C(=O)O)CN1.Cl. The quantitative estimate of drug-likeness (QED) is 0.629. The molecule has 0 radical (unpaired) electrons. The van der Waals surface area contributed by atoms with Crippen molar-refractivity contribution in [2.75, 3.05) is 6.54 Å². The van der Waals surface area contributed by atoms with E-state index in [1.165, 1.54) is 0 Å². The van der Waals surface area contributed by atoms with E-state index in [1.54, 1.807) is 0 Å². The van der Waals surface area contributed by atoms with Crippen molar-refractivity contribution in [1.82, 2.24) is 5.32 Å². The summed E-state index contributed by atoms with van der Waals surface area (Å²) in [5, 5.41) is 11.8. The van der Waals surface area contributed by atoms with Crippen LogP contribution in [0.4, 0.5) is 0 Å². The first-order valence-electron chi connectivity index (χ1n) is 3.49. The summed E-state index contributed by atoms with van der Waals surface area (Å²) in [6.45, 7) is 4.66. The smallest absolute Gasteiger partial charge is 0.307 e. The Labute approximate surface area is 72.6 Å². The second-order valence-corrected chi connectivity index (χ2v) is 3.50.